The van der Waals surface area contributed by atoms with Crippen molar-refractivity contribution in [2.75, 3.05) is 58.9 Å². The Morgan fingerprint density at radius 2 is 0.821 bits per heavy atom. The third kappa shape index (κ3) is 14.5. The molecule has 0 spiro atoms. The maximum atomic E-state index is 11.1. The SMILES string of the molecule is C=C(O)CCN(CCN(CCN(CC(=O)O)CC(=O)O)CC(=O)O)CC(=O)O. The Morgan fingerprint density at radius 1 is 0.536 bits per heavy atom. The largest absolute Gasteiger partial charge is 0.513 e. The molecule has 0 aromatic carbocycles. The molecule has 0 unspecified atom stereocenters. The lowest BCUT2D eigenvalue weighted by Gasteiger charge is -2.27. The van der Waals surface area contributed by atoms with Crippen LogP contribution in [0.1, 0.15) is 6.42 Å². The van der Waals surface area contributed by atoms with Gasteiger partial charge in [0.1, 0.15) is 0 Å². The number of hydrogen-bond donors (Lipinski definition) is 5. The summed E-state index contributed by atoms with van der Waals surface area (Å²) in [5.74, 6) is -4.72. The van der Waals surface area contributed by atoms with Crippen LogP contribution >= 0.6 is 0 Å². The molecule has 12 nitrogen and oxygen atoms in total. The first-order valence-electron chi connectivity index (χ1n) is 8.40. The van der Waals surface area contributed by atoms with Crippen LogP contribution in [0.4, 0.5) is 0 Å². The fourth-order valence-corrected chi connectivity index (χ4v) is 2.37. The van der Waals surface area contributed by atoms with Crippen LogP contribution in [0.3, 0.4) is 0 Å². The van der Waals surface area contributed by atoms with Gasteiger partial charge < -0.3 is 25.5 Å². The first kappa shape index (κ1) is 25.3. The van der Waals surface area contributed by atoms with Crippen LogP contribution in [0.15, 0.2) is 12.3 Å². The number of rotatable bonds is 17. The fraction of sp³-hybridized carbons (Fsp3) is 0.625. The van der Waals surface area contributed by atoms with Gasteiger partial charge in [0, 0.05) is 39.1 Å². The number of hydrogen-bond acceptors (Lipinski definition) is 8. The van der Waals surface area contributed by atoms with E-state index in [4.69, 9.17) is 25.5 Å². The van der Waals surface area contributed by atoms with Gasteiger partial charge in [-0.1, -0.05) is 6.58 Å². The lowest BCUT2D eigenvalue weighted by atomic mass is 10.3. The van der Waals surface area contributed by atoms with E-state index in [2.05, 4.69) is 6.58 Å². The molecule has 0 aromatic rings. The van der Waals surface area contributed by atoms with Crippen LogP contribution in [-0.2, 0) is 19.2 Å². The highest BCUT2D eigenvalue weighted by Gasteiger charge is 2.18. The van der Waals surface area contributed by atoms with Crippen molar-refractivity contribution < 1.29 is 44.7 Å². The van der Waals surface area contributed by atoms with E-state index in [0.29, 0.717) is 0 Å². The molecule has 28 heavy (non-hydrogen) atoms. The van der Waals surface area contributed by atoms with E-state index in [1.165, 1.54) is 9.80 Å². The van der Waals surface area contributed by atoms with Gasteiger partial charge in [0.25, 0.3) is 0 Å². The van der Waals surface area contributed by atoms with E-state index in [0.717, 1.165) is 4.90 Å². The maximum absolute atomic E-state index is 11.1. The predicted octanol–water partition coefficient (Wildman–Crippen LogP) is -1.31. The van der Waals surface area contributed by atoms with Gasteiger partial charge in [-0.3, -0.25) is 33.9 Å². The van der Waals surface area contributed by atoms with Crippen molar-refractivity contribution in [1.29, 1.82) is 0 Å². The summed E-state index contributed by atoms with van der Waals surface area (Å²) in [7, 11) is 0. The van der Waals surface area contributed by atoms with Crippen molar-refractivity contribution in [3.8, 4) is 0 Å². The Kier molecular flexibility index (Phi) is 12.2. The molecule has 0 heterocycles. The highest BCUT2D eigenvalue weighted by atomic mass is 16.4. The van der Waals surface area contributed by atoms with Crippen molar-refractivity contribution in [3.63, 3.8) is 0 Å². The average molecular weight is 405 g/mol. The van der Waals surface area contributed by atoms with Crippen LogP contribution in [0.2, 0.25) is 0 Å². The Hall–Kier alpha value is -2.70. The van der Waals surface area contributed by atoms with Crippen LogP contribution in [0.25, 0.3) is 0 Å². The number of nitrogens with zero attached hydrogens (tertiary/aromatic N) is 3. The van der Waals surface area contributed by atoms with Crippen LogP contribution in [-0.4, -0.2) is 123 Å². The summed E-state index contributed by atoms with van der Waals surface area (Å²) in [6.07, 6.45) is 0.164. The number of aliphatic carboxylic acids is 4. The molecule has 0 saturated heterocycles. The summed E-state index contributed by atoms with van der Waals surface area (Å²) in [6.45, 7) is 2.30. The number of carboxylic acids is 4. The quantitative estimate of drug-likeness (QED) is 0.181. The van der Waals surface area contributed by atoms with E-state index in [1.807, 2.05) is 0 Å². The van der Waals surface area contributed by atoms with Gasteiger partial charge in [-0.15, -0.1) is 0 Å². The topological polar surface area (TPSA) is 179 Å². The van der Waals surface area contributed by atoms with Crippen LogP contribution < -0.4 is 0 Å². The molecule has 0 aliphatic carbocycles. The summed E-state index contributed by atoms with van der Waals surface area (Å²) in [6, 6.07) is 0. The molecule has 0 bridgehead atoms. The van der Waals surface area contributed by atoms with Gasteiger partial charge in [0.2, 0.25) is 0 Å². The van der Waals surface area contributed by atoms with E-state index >= 15 is 0 Å². The lowest BCUT2D eigenvalue weighted by Crippen LogP contribution is -2.44. The van der Waals surface area contributed by atoms with Crippen LogP contribution in [0.5, 0.6) is 0 Å². The molecule has 0 atom stereocenters. The minimum atomic E-state index is -1.21. The minimum absolute atomic E-state index is 0.0122. The monoisotopic (exact) mass is 405 g/mol. The molecule has 0 fully saturated rings. The van der Waals surface area contributed by atoms with Gasteiger partial charge in [0.15, 0.2) is 0 Å². The summed E-state index contributed by atoms with van der Waals surface area (Å²) >= 11 is 0. The van der Waals surface area contributed by atoms with E-state index < -0.39 is 37.0 Å². The van der Waals surface area contributed by atoms with Crippen molar-refractivity contribution in [3.05, 3.63) is 12.3 Å². The van der Waals surface area contributed by atoms with Crippen molar-refractivity contribution in [2.45, 2.75) is 6.42 Å². The van der Waals surface area contributed by atoms with Crippen molar-refractivity contribution in [1.82, 2.24) is 14.7 Å². The van der Waals surface area contributed by atoms with Gasteiger partial charge >= 0.3 is 23.9 Å². The second-order valence-electron chi connectivity index (χ2n) is 6.15. The molecule has 5 N–H and O–H groups in total. The number of carboxylic acid groups (broad SMARTS) is 4. The fourth-order valence-electron chi connectivity index (χ4n) is 2.37. The number of carbonyl (C=O) groups is 4. The molecule has 0 aliphatic heterocycles. The molecule has 0 radical (unpaired) electrons. The summed E-state index contributed by atoms with van der Waals surface area (Å²) in [4.78, 5) is 47.8. The molecular formula is C16H27N3O9. The molecule has 0 aliphatic rings. The second-order valence-corrected chi connectivity index (χ2v) is 6.15. The highest BCUT2D eigenvalue weighted by molar-refractivity contribution is 5.72. The highest BCUT2D eigenvalue weighted by Crippen LogP contribution is 2.00. The zero-order chi connectivity index (χ0) is 21.7. The standard InChI is InChI=1S/C16H27N3O9/c1-12(20)2-3-17(8-13(21)22)4-5-18(9-14(23)24)6-7-19(10-15(25)26)11-16(27)28/h20H,1-11H2,(H,21,22)(H,23,24)(H,25,26)(H,27,28). The summed E-state index contributed by atoms with van der Waals surface area (Å²) in [5, 5.41) is 44.8. The second kappa shape index (κ2) is 13.5. The number of aliphatic hydroxyl groups is 1. The Morgan fingerprint density at radius 3 is 1.14 bits per heavy atom. The molecule has 0 saturated carbocycles. The minimum Gasteiger partial charge on any atom is -0.513 e. The van der Waals surface area contributed by atoms with E-state index in [9.17, 15) is 19.2 Å². The molecule has 160 valence electrons. The predicted molar refractivity (Wildman–Crippen MR) is 96.2 cm³/mol. The van der Waals surface area contributed by atoms with Crippen LogP contribution in [0, 0.1) is 0 Å². The molecular weight excluding hydrogens is 378 g/mol. The molecule has 0 rings (SSSR count). The van der Waals surface area contributed by atoms with E-state index in [1.54, 1.807) is 0 Å². The van der Waals surface area contributed by atoms with Gasteiger partial charge in [0.05, 0.1) is 31.9 Å². The van der Waals surface area contributed by atoms with Gasteiger partial charge in [-0.2, -0.15) is 0 Å². The molecule has 0 amide bonds. The smallest absolute Gasteiger partial charge is 0.317 e. The first-order chi connectivity index (χ1) is 13.0. The molecule has 12 heteroatoms. The van der Waals surface area contributed by atoms with Gasteiger partial charge in [-0.05, 0) is 0 Å². The third-order valence-electron chi connectivity index (χ3n) is 3.62. The Labute approximate surface area is 161 Å². The maximum Gasteiger partial charge on any atom is 0.317 e. The molecule has 0 aromatic heterocycles. The Bertz CT molecular complexity index is 552. The average Bonchev–Trinajstić information content (AvgIpc) is 2.52. The third-order valence-corrected chi connectivity index (χ3v) is 3.62. The Balaban J connectivity index is 4.85. The van der Waals surface area contributed by atoms with Gasteiger partial charge in [-0.25, -0.2) is 0 Å². The normalized spacial score (nSPS) is 11.1. The number of aliphatic hydroxyl groups excluding tert-OH is 1. The zero-order valence-electron chi connectivity index (χ0n) is 15.5. The lowest BCUT2D eigenvalue weighted by molar-refractivity contribution is -0.143. The summed E-state index contributed by atoms with van der Waals surface area (Å²) in [5.41, 5.74) is 0. The summed E-state index contributed by atoms with van der Waals surface area (Å²) < 4.78 is 0. The van der Waals surface area contributed by atoms with Crippen molar-refractivity contribution in [2.24, 2.45) is 0 Å². The zero-order valence-corrected chi connectivity index (χ0v) is 15.5. The van der Waals surface area contributed by atoms with E-state index in [-0.39, 0.29) is 58.0 Å². The first-order valence-corrected chi connectivity index (χ1v) is 8.40. The van der Waals surface area contributed by atoms with Crippen molar-refractivity contribution >= 4 is 23.9 Å².